The average molecular weight is 210 g/mol. The molecule has 0 aliphatic heterocycles. The Morgan fingerprint density at radius 1 is 1.75 bits per heavy atom. The third-order valence-electron chi connectivity index (χ3n) is 1.26. The van der Waals surface area contributed by atoms with Gasteiger partial charge in [0, 0.05) is 12.9 Å². The topological polar surface area (TPSA) is 78.3 Å². The lowest BCUT2D eigenvalue weighted by Gasteiger charge is -2.10. The highest BCUT2D eigenvalue weighted by Crippen LogP contribution is 2.42. The van der Waals surface area contributed by atoms with Crippen LogP contribution in [0, 0.1) is 0 Å². The van der Waals surface area contributed by atoms with Gasteiger partial charge in [-0.2, -0.15) is 0 Å². The van der Waals surface area contributed by atoms with Gasteiger partial charge in [0.1, 0.15) is 0 Å². The van der Waals surface area contributed by atoms with Crippen LogP contribution in [0.4, 0.5) is 0 Å². The molecule has 4 nitrogen and oxygen atoms in total. The van der Waals surface area contributed by atoms with Crippen molar-refractivity contribution in [3.05, 3.63) is 12.7 Å². The second-order valence-corrected chi connectivity index (χ2v) is 6.72. The van der Waals surface area contributed by atoms with Crippen LogP contribution in [-0.4, -0.2) is 19.0 Å². The predicted octanol–water partition coefficient (Wildman–Crippen LogP) is 1.34. The van der Waals surface area contributed by atoms with E-state index >= 15 is 0 Å². The Labute approximate surface area is 76.9 Å². The molecule has 0 saturated carbocycles. The van der Waals surface area contributed by atoms with E-state index in [2.05, 4.69) is 6.58 Å². The van der Waals surface area contributed by atoms with Crippen molar-refractivity contribution in [1.82, 2.24) is 0 Å². The molecule has 0 unspecified atom stereocenters. The molecule has 0 bridgehead atoms. The summed E-state index contributed by atoms with van der Waals surface area (Å²) in [4.78, 5) is 0. The standard InChI is InChI=1S/C6H15N2O2PS/c1-3-6(10-2)4-5-12-11(7,8)9/h3,6H,1,4-5H2,2H3,(H4,7,8,9)/t6-/m1/s1. The Morgan fingerprint density at radius 2 is 2.33 bits per heavy atom. The molecule has 4 N–H and O–H groups in total. The van der Waals surface area contributed by atoms with Gasteiger partial charge in [-0.05, 0) is 6.42 Å². The van der Waals surface area contributed by atoms with Gasteiger partial charge in [-0.15, -0.1) is 6.58 Å². The number of methoxy groups -OCH3 is 1. The van der Waals surface area contributed by atoms with Crippen LogP contribution in [0.25, 0.3) is 0 Å². The van der Waals surface area contributed by atoms with Gasteiger partial charge < -0.3 is 4.74 Å². The Bertz CT molecular complexity index is 182. The maximum absolute atomic E-state index is 10.8. The minimum Gasteiger partial charge on any atom is -0.377 e. The van der Waals surface area contributed by atoms with E-state index in [1.54, 1.807) is 13.2 Å². The molecular formula is C6H15N2O2PS. The molecule has 12 heavy (non-hydrogen) atoms. The van der Waals surface area contributed by atoms with Crippen LogP contribution in [0.5, 0.6) is 0 Å². The monoisotopic (exact) mass is 210 g/mol. The molecule has 0 aromatic heterocycles. The molecular weight excluding hydrogens is 195 g/mol. The molecule has 0 aliphatic rings. The minimum atomic E-state index is -2.92. The summed E-state index contributed by atoms with van der Waals surface area (Å²) in [6.07, 6.45) is 2.41. The van der Waals surface area contributed by atoms with Crippen LogP contribution in [0.3, 0.4) is 0 Å². The SMILES string of the molecule is C=C[C@H](CCSP(N)(N)=O)OC. The molecule has 0 radical (unpaired) electrons. The van der Waals surface area contributed by atoms with Crippen LogP contribution in [0.2, 0.25) is 0 Å². The van der Waals surface area contributed by atoms with Crippen molar-refractivity contribution in [1.29, 1.82) is 0 Å². The zero-order valence-corrected chi connectivity index (χ0v) is 8.81. The number of nitrogens with two attached hydrogens (primary N) is 2. The molecule has 0 rings (SSSR count). The van der Waals surface area contributed by atoms with Gasteiger partial charge in [0.2, 0.25) is 0 Å². The summed E-state index contributed by atoms with van der Waals surface area (Å²) in [6.45, 7) is 0.665. The van der Waals surface area contributed by atoms with Crippen LogP contribution in [-0.2, 0) is 9.30 Å². The predicted molar refractivity (Wildman–Crippen MR) is 54.1 cm³/mol. The van der Waals surface area contributed by atoms with Gasteiger partial charge in [0.05, 0.1) is 6.10 Å². The zero-order valence-electron chi connectivity index (χ0n) is 7.10. The fourth-order valence-corrected chi connectivity index (χ4v) is 2.44. The van der Waals surface area contributed by atoms with Gasteiger partial charge in [0.15, 0.2) is 0 Å². The Hall–Kier alpha value is 0.200. The maximum Gasteiger partial charge on any atom is 0.261 e. The van der Waals surface area contributed by atoms with E-state index in [0.29, 0.717) is 5.75 Å². The number of rotatable bonds is 6. The molecule has 0 aromatic carbocycles. The first-order valence-electron chi connectivity index (χ1n) is 3.46. The van der Waals surface area contributed by atoms with E-state index in [1.807, 2.05) is 0 Å². The summed E-state index contributed by atoms with van der Waals surface area (Å²) >= 11 is 1.08. The summed E-state index contributed by atoms with van der Waals surface area (Å²) in [5, 5.41) is 0. The van der Waals surface area contributed by atoms with E-state index in [1.165, 1.54) is 0 Å². The van der Waals surface area contributed by atoms with E-state index in [0.717, 1.165) is 17.8 Å². The van der Waals surface area contributed by atoms with Crippen molar-refractivity contribution in [2.24, 2.45) is 11.0 Å². The van der Waals surface area contributed by atoms with Crippen molar-refractivity contribution in [2.75, 3.05) is 12.9 Å². The first kappa shape index (κ1) is 12.2. The largest absolute Gasteiger partial charge is 0.377 e. The van der Waals surface area contributed by atoms with Crippen LogP contribution in [0.15, 0.2) is 12.7 Å². The smallest absolute Gasteiger partial charge is 0.261 e. The van der Waals surface area contributed by atoms with Crippen LogP contribution < -0.4 is 11.0 Å². The summed E-state index contributed by atoms with van der Waals surface area (Å²) in [6, 6.07) is 0. The molecule has 0 aliphatic carbocycles. The Kier molecular flexibility index (Phi) is 5.88. The molecule has 0 aromatic rings. The fraction of sp³-hybridized carbons (Fsp3) is 0.667. The lowest BCUT2D eigenvalue weighted by Crippen LogP contribution is -2.08. The molecule has 0 saturated heterocycles. The van der Waals surface area contributed by atoms with Crippen molar-refractivity contribution in [3.63, 3.8) is 0 Å². The zero-order chi connectivity index (χ0) is 9.61. The van der Waals surface area contributed by atoms with E-state index in [-0.39, 0.29) is 6.10 Å². The maximum atomic E-state index is 10.8. The molecule has 0 amide bonds. The third kappa shape index (κ3) is 6.88. The second-order valence-electron chi connectivity index (χ2n) is 2.28. The number of hydrogen-bond acceptors (Lipinski definition) is 3. The lowest BCUT2D eigenvalue weighted by molar-refractivity contribution is 0.139. The third-order valence-corrected chi connectivity index (χ3v) is 3.84. The highest BCUT2D eigenvalue weighted by atomic mass is 32.7. The molecule has 0 spiro atoms. The van der Waals surface area contributed by atoms with Crippen LogP contribution >= 0.6 is 18.0 Å². The van der Waals surface area contributed by atoms with Gasteiger partial charge in [-0.25, -0.2) is 0 Å². The van der Waals surface area contributed by atoms with E-state index in [4.69, 9.17) is 15.7 Å². The summed E-state index contributed by atoms with van der Waals surface area (Å²) in [7, 11) is 1.60. The second kappa shape index (κ2) is 5.78. The number of ether oxygens (including phenoxy) is 1. The molecule has 0 fully saturated rings. The van der Waals surface area contributed by atoms with Crippen molar-refractivity contribution in [2.45, 2.75) is 12.5 Å². The van der Waals surface area contributed by atoms with Crippen molar-refractivity contribution in [3.8, 4) is 0 Å². The van der Waals surface area contributed by atoms with Crippen LogP contribution in [0.1, 0.15) is 6.42 Å². The Balaban J connectivity index is 3.55. The normalized spacial score (nSPS) is 14.2. The fourth-order valence-electron chi connectivity index (χ4n) is 0.643. The highest BCUT2D eigenvalue weighted by Gasteiger charge is 2.10. The number of hydrogen-bond donors (Lipinski definition) is 2. The van der Waals surface area contributed by atoms with Gasteiger partial charge in [0.25, 0.3) is 6.65 Å². The van der Waals surface area contributed by atoms with Crippen molar-refractivity contribution >= 4 is 18.0 Å². The van der Waals surface area contributed by atoms with Gasteiger partial charge in [-0.3, -0.25) is 15.6 Å². The molecule has 0 heterocycles. The Morgan fingerprint density at radius 3 is 2.67 bits per heavy atom. The average Bonchev–Trinajstić information content (AvgIpc) is 1.96. The quantitative estimate of drug-likeness (QED) is 0.511. The first-order chi connectivity index (χ1) is 5.49. The summed E-state index contributed by atoms with van der Waals surface area (Å²) in [5.74, 6) is 0.620. The first-order valence-corrected chi connectivity index (χ1v) is 6.90. The lowest BCUT2D eigenvalue weighted by atomic mass is 10.3. The molecule has 72 valence electrons. The van der Waals surface area contributed by atoms with E-state index in [9.17, 15) is 4.57 Å². The highest BCUT2D eigenvalue weighted by molar-refractivity contribution is 8.56. The summed E-state index contributed by atoms with van der Waals surface area (Å²) in [5.41, 5.74) is 10.3. The van der Waals surface area contributed by atoms with Gasteiger partial charge in [-0.1, -0.05) is 17.5 Å². The van der Waals surface area contributed by atoms with Gasteiger partial charge >= 0.3 is 0 Å². The molecule has 6 heteroatoms. The minimum absolute atomic E-state index is 0.0101. The van der Waals surface area contributed by atoms with Crippen molar-refractivity contribution < 1.29 is 9.30 Å². The van der Waals surface area contributed by atoms with E-state index < -0.39 is 6.65 Å². The summed E-state index contributed by atoms with van der Waals surface area (Å²) < 4.78 is 15.8. The molecule has 1 atom stereocenters.